The van der Waals surface area contributed by atoms with Gasteiger partial charge in [-0.2, -0.15) is 0 Å². The van der Waals surface area contributed by atoms with Crippen molar-refractivity contribution in [3.63, 3.8) is 0 Å². The fourth-order valence-corrected chi connectivity index (χ4v) is 1.01. The number of hydrogen-bond donors (Lipinski definition) is 4. The summed E-state index contributed by atoms with van der Waals surface area (Å²) in [4.78, 5) is 0.551. The number of para-hydroxylation sites is 1. The van der Waals surface area contributed by atoms with Gasteiger partial charge in [-0.15, -0.1) is 12.6 Å². The molecule has 0 aliphatic rings. The molecule has 58 valence electrons. The second-order valence-corrected chi connectivity index (χ2v) is 2.64. The maximum absolute atomic E-state index is 8.77. The third-order valence-corrected chi connectivity index (χ3v) is 1.78. The Morgan fingerprint density at radius 2 is 2.00 bits per heavy atom. The molecule has 0 bridgehead atoms. The number of hydrogen-bond acceptors (Lipinski definition) is 4. The van der Waals surface area contributed by atoms with Gasteiger partial charge in [0.1, 0.15) is 0 Å². The van der Waals surface area contributed by atoms with Gasteiger partial charge in [-0.3, -0.25) is 0 Å². The first-order valence-corrected chi connectivity index (χ1v) is 3.51. The van der Waals surface area contributed by atoms with Crippen molar-refractivity contribution in [3.8, 4) is 0 Å². The van der Waals surface area contributed by atoms with Crippen LogP contribution in [0.5, 0.6) is 0 Å². The molecule has 0 unspecified atom stereocenters. The Bertz CT molecular complexity index is 267. The van der Waals surface area contributed by atoms with E-state index in [9.17, 15) is 0 Å². The van der Waals surface area contributed by atoms with Gasteiger partial charge in [-0.1, -0.05) is 12.1 Å². The average molecular weight is 169 g/mol. The number of nitrogens with two attached hydrogens (primary N) is 1. The molecule has 3 nitrogen and oxygen atoms in total. The average Bonchev–Trinajstić information content (AvgIpc) is 1.94. The number of anilines is 1. The van der Waals surface area contributed by atoms with Crippen molar-refractivity contribution in [1.82, 2.24) is 0 Å². The van der Waals surface area contributed by atoms with Crippen LogP contribution in [0.3, 0.4) is 0 Å². The highest BCUT2D eigenvalue weighted by molar-refractivity contribution is 7.80. The van der Waals surface area contributed by atoms with Crippen LogP contribution in [-0.2, 0) is 0 Å². The summed E-state index contributed by atoms with van der Waals surface area (Å²) in [6, 6.07) is 4.89. The van der Waals surface area contributed by atoms with Crippen LogP contribution in [0.25, 0.3) is 0 Å². The van der Waals surface area contributed by atoms with Gasteiger partial charge in [-0.05, 0) is 6.07 Å². The van der Waals surface area contributed by atoms with Crippen LogP contribution in [0.2, 0.25) is 0 Å². The molecule has 1 rings (SSSR count). The first-order valence-electron chi connectivity index (χ1n) is 3.06. The third-order valence-electron chi connectivity index (χ3n) is 1.40. The Labute approximate surface area is 70.4 Å². The van der Waals surface area contributed by atoms with E-state index in [1.165, 1.54) is 0 Å². The van der Waals surface area contributed by atoms with Crippen molar-refractivity contribution >= 4 is 30.9 Å². The van der Waals surface area contributed by atoms with Gasteiger partial charge in [0.15, 0.2) is 0 Å². The molecule has 1 aromatic carbocycles. The molecule has 0 radical (unpaired) electrons. The lowest BCUT2D eigenvalue weighted by Gasteiger charge is -2.05. The van der Waals surface area contributed by atoms with Crippen molar-refractivity contribution in [2.24, 2.45) is 0 Å². The van der Waals surface area contributed by atoms with Gasteiger partial charge < -0.3 is 15.8 Å². The summed E-state index contributed by atoms with van der Waals surface area (Å²) in [7, 11) is -1.53. The van der Waals surface area contributed by atoms with Gasteiger partial charge >= 0.3 is 7.12 Å². The molecular weight excluding hydrogens is 161 g/mol. The van der Waals surface area contributed by atoms with E-state index in [1.807, 2.05) is 0 Å². The summed E-state index contributed by atoms with van der Waals surface area (Å²) >= 11 is 4.01. The van der Waals surface area contributed by atoms with Crippen LogP contribution in [0.4, 0.5) is 5.69 Å². The summed E-state index contributed by atoms with van der Waals surface area (Å²) in [6.45, 7) is 0. The minimum Gasteiger partial charge on any atom is -0.423 e. The molecule has 0 aromatic heterocycles. The predicted molar refractivity (Wildman–Crippen MR) is 47.9 cm³/mol. The highest BCUT2D eigenvalue weighted by atomic mass is 32.1. The van der Waals surface area contributed by atoms with Crippen LogP contribution in [0.15, 0.2) is 23.1 Å². The Hall–Kier alpha value is -0.645. The summed E-state index contributed by atoms with van der Waals surface area (Å²) in [6.07, 6.45) is 0. The van der Waals surface area contributed by atoms with Crippen LogP contribution in [-0.4, -0.2) is 17.2 Å². The summed E-state index contributed by atoms with van der Waals surface area (Å²) in [5, 5.41) is 17.5. The third kappa shape index (κ3) is 1.68. The van der Waals surface area contributed by atoms with Gasteiger partial charge in [0.25, 0.3) is 0 Å². The van der Waals surface area contributed by atoms with Crippen LogP contribution >= 0.6 is 12.6 Å². The molecule has 0 saturated heterocycles. The summed E-state index contributed by atoms with van der Waals surface area (Å²) < 4.78 is 0. The Kier molecular flexibility index (Phi) is 2.43. The standard InChI is InChI=1S/C6H8BNO2S/c8-6-4(7(9)10)2-1-3-5(6)11/h1-3,9-11H,8H2. The lowest BCUT2D eigenvalue weighted by atomic mass is 9.79. The van der Waals surface area contributed by atoms with E-state index >= 15 is 0 Å². The molecule has 5 heteroatoms. The van der Waals surface area contributed by atoms with Gasteiger partial charge in [0.05, 0.1) is 0 Å². The topological polar surface area (TPSA) is 66.5 Å². The van der Waals surface area contributed by atoms with E-state index in [0.29, 0.717) is 10.6 Å². The molecule has 0 heterocycles. The largest absolute Gasteiger partial charge is 0.490 e. The summed E-state index contributed by atoms with van der Waals surface area (Å²) in [5.41, 5.74) is 6.09. The zero-order chi connectivity index (χ0) is 8.43. The molecular formula is C6H8BNO2S. The monoisotopic (exact) mass is 169 g/mol. The van der Waals surface area contributed by atoms with Crippen molar-refractivity contribution in [2.75, 3.05) is 5.73 Å². The molecule has 0 spiro atoms. The van der Waals surface area contributed by atoms with Crippen molar-refractivity contribution < 1.29 is 10.0 Å². The van der Waals surface area contributed by atoms with Gasteiger partial charge in [0.2, 0.25) is 0 Å². The predicted octanol–water partition coefficient (Wildman–Crippen LogP) is -0.763. The number of thiol groups is 1. The van der Waals surface area contributed by atoms with Crippen LogP contribution in [0, 0.1) is 0 Å². The van der Waals surface area contributed by atoms with E-state index in [4.69, 9.17) is 15.8 Å². The van der Waals surface area contributed by atoms with Crippen LogP contribution in [0.1, 0.15) is 0 Å². The first kappa shape index (κ1) is 8.45. The molecule has 4 N–H and O–H groups in total. The number of rotatable bonds is 1. The molecule has 0 atom stereocenters. The quantitative estimate of drug-likeness (QED) is 0.253. The second kappa shape index (κ2) is 3.17. The fraction of sp³-hybridized carbons (Fsp3) is 0. The van der Waals surface area contributed by atoms with E-state index < -0.39 is 7.12 Å². The molecule has 11 heavy (non-hydrogen) atoms. The van der Waals surface area contributed by atoms with Crippen LogP contribution < -0.4 is 11.2 Å². The highest BCUT2D eigenvalue weighted by Gasteiger charge is 2.14. The minimum absolute atomic E-state index is 0.289. The number of benzene rings is 1. The Morgan fingerprint density at radius 3 is 2.45 bits per heavy atom. The number of nitrogen functional groups attached to an aromatic ring is 1. The molecule has 0 amide bonds. The van der Waals surface area contributed by atoms with Crippen molar-refractivity contribution in [2.45, 2.75) is 4.90 Å². The lowest BCUT2D eigenvalue weighted by Crippen LogP contribution is -2.32. The zero-order valence-corrected chi connectivity index (χ0v) is 6.62. The van der Waals surface area contributed by atoms with Gasteiger partial charge in [-0.25, -0.2) is 0 Å². The molecule has 0 fully saturated rings. The zero-order valence-electron chi connectivity index (χ0n) is 5.73. The minimum atomic E-state index is -1.53. The SMILES string of the molecule is Nc1c(S)cccc1B(O)O. The fourth-order valence-electron chi connectivity index (χ4n) is 0.796. The van der Waals surface area contributed by atoms with E-state index in [2.05, 4.69) is 12.6 Å². The Morgan fingerprint density at radius 1 is 1.36 bits per heavy atom. The smallest absolute Gasteiger partial charge is 0.423 e. The van der Waals surface area contributed by atoms with Crippen molar-refractivity contribution in [1.29, 1.82) is 0 Å². The Balaban J connectivity index is 3.17. The normalized spacial score (nSPS) is 9.73. The van der Waals surface area contributed by atoms with E-state index in [1.54, 1.807) is 18.2 Å². The second-order valence-electron chi connectivity index (χ2n) is 2.15. The lowest BCUT2D eigenvalue weighted by molar-refractivity contribution is 0.426. The molecule has 0 saturated carbocycles. The van der Waals surface area contributed by atoms with E-state index in [-0.39, 0.29) is 5.46 Å². The first-order chi connectivity index (χ1) is 5.13. The maximum atomic E-state index is 8.77. The van der Waals surface area contributed by atoms with Crippen molar-refractivity contribution in [3.05, 3.63) is 18.2 Å². The molecule has 1 aromatic rings. The van der Waals surface area contributed by atoms with Gasteiger partial charge in [0, 0.05) is 16.0 Å². The molecule has 0 aliphatic heterocycles. The summed E-state index contributed by atoms with van der Waals surface area (Å²) in [5.74, 6) is 0. The highest BCUT2D eigenvalue weighted by Crippen LogP contribution is 2.12. The molecule has 0 aliphatic carbocycles. The maximum Gasteiger partial charge on any atom is 0.490 e. The van der Waals surface area contributed by atoms with E-state index in [0.717, 1.165) is 0 Å².